The van der Waals surface area contributed by atoms with Crippen molar-refractivity contribution in [3.63, 3.8) is 0 Å². The molecule has 6 nitrogen and oxygen atoms in total. The predicted molar refractivity (Wildman–Crippen MR) is 71.5 cm³/mol. The normalized spacial score (nSPS) is 18.6. The molecule has 1 fully saturated rings. The maximum absolute atomic E-state index is 10.5. The van der Waals surface area contributed by atoms with Gasteiger partial charge in [0, 0.05) is 6.42 Å². The molecule has 1 atom stereocenters. The van der Waals surface area contributed by atoms with Crippen molar-refractivity contribution in [2.24, 2.45) is 0 Å². The molecule has 0 spiro atoms. The first-order valence-corrected chi connectivity index (χ1v) is 7.57. The molecule has 1 saturated heterocycles. The third kappa shape index (κ3) is 5.09. The molecule has 1 heterocycles. The molecular weight excluding hydrogens is 338 g/mol. The van der Waals surface area contributed by atoms with Crippen LogP contribution in [0.3, 0.4) is 0 Å². The van der Waals surface area contributed by atoms with Gasteiger partial charge in [0.15, 0.2) is 0 Å². The van der Waals surface area contributed by atoms with Crippen molar-refractivity contribution in [1.29, 1.82) is 0 Å². The number of halogens is 1. The molecule has 1 aliphatic heterocycles. The summed E-state index contributed by atoms with van der Waals surface area (Å²) in [4.78, 5) is 20.3. The SMILES string of the molecule is Cc1ccc(S(=O)(=O)O)cc1.O=C1CC(Br)C(=O)N1. The molecule has 1 aliphatic rings. The molecule has 0 aromatic heterocycles. The number of imide groups is 1. The Morgan fingerprint density at radius 3 is 2.05 bits per heavy atom. The zero-order chi connectivity index (χ0) is 14.6. The fourth-order valence-corrected chi connectivity index (χ4v) is 2.12. The number of alkyl halides is 1. The second-order valence-electron chi connectivity index (χ2n) is 3.87. The number of hydrogen-bond acceptors (Lipinski definition) is 4. The molecule has 0 radical (unpaired) electrons. The molecule has 0 bridgehead atoms. The highest BCUT2D eigenvalue weighted by Crippen LogP contribution is 2.10. The van der Waals surface area contributed by atoms with Crippen LogP contribution < -0.4 is 5.32 Å². The zero-order valence-electron chi connectivity index (χ0n) is 9.96. The number of carbonyl (C=O) groups excluding carboxylic acids is 2. The van der Waals surface area contributed by atoms with Gasteiger partial charge in [-0.25, -0.2) is 0 Å². The monoisotopic (exact) mass is 349 g/mol. The Balaban J connectivity index is 0.000000200. The fraction of sp³-hybridized carbons (Fsp3) is 0.273. The molecule has 1 aromatic rings. The van der Waals surface area contributed by atoms with Crippen LogP contribution in [0.25, 0.3) is 0 Å². The number of aryl methyl sites for hydroxylation is 1. The molecule has 2 rings (SSSR count). The van der Waals surface area contributed by atoms with E-state index in [0.29, 0.717) is 0 Å². The summed E-state index contributed by atoms with van der Waals surface area (Å²) in [5.74, 6) is -0.424. The van der Waals surface area contributed by atoms with Crippen LogP contribution in [-0.4, -0.2) is 29.6 Å². The van der Waals surface area contributed by atoms with E-state index in [9.17, 15) is 18.0 Å². The van der Waals surface area contributed by atoms with E-state index in [-0.39, 0.29) is 28.0 Å². The maximum atomic E-state index is 10.5. The van der Waals surface area contributed by atoms with Gasteiger partial charge in [0.1, 0.15) is 4.83 Å². The fourth-order valence-electron chi connectivity index (χ4n) is 1.23. The number of carbonyl (C=O) groups is 2. The summed E-state index contributed by atoms with van der Waals surface area (Å²) in [6, 6.07) is 5.99. The van der Waals surface area contributed by atoms with Gasteiger partial charge in [0.25, 0.3) is 10.1 Å². The highest BCUT2D eigenvalue weighted by molar-refractivity contribution is 9.10. The maximum Gasteiger partial charge on any atom is 0.294 e. The van der Waals surface area contributed by atoms with Gasteiger partial charge in [0.2, 0.25) is 11.8 Å². The van der Waals surface area contributed by atoms with Gasteiger partial charge in [-0.3, -0.25) is 19.5 Å². The highest BCUT2D eigenvalue weighted by Gasteiger charge is 2.27. The summed E-state index contributed by atoms with van der Waals surface area (Å²) in [5.41, 5.74) is 0.956. The van der Waals surface area contributed by atoms with Crippen LogP contribution in [0.4, 0.5) is 0 Å². The molecule has 1 aromatic carbocycles. The summed E-state index contributed by atoms with van der Waals surface area (Å²) in [7, 11) is -4.02. The third-order valence-corrected chi connectivity index (χ3v) is 3.84. The van der Waals surface area contributed by atoms with Gasteiger partial charge in [-0.1, -0.05) is 33.6 Å². The minimum Gasteiger partial charge on any atom is -0.295 e. The summed E-state index contributed by atoms with van der Waals surface area (Å²) < 4.78 is 29.6. The Morgan fingerprint density at radius 2 is 1.79 bits per heavy atom. The lowest BCUT2D eigenvalue weighted by Crippen LogP contribution is -2.21. The average molecular weight is 350 g/mol. The minimum atomic E-state index is -4.02. The van der Waals surface area contributed by atoms with Crippen LogP contribution in [-0.2, 0) is 19.7 Å². The number of rotatable bonds is 1. The lowest BCUT2D eigenvalue weighted by molar-refractivity contribution is -0.124. The second kappa shape index (κ2) is 6.27. The van der Waals surface area contributed by atoms with Crippen molar-refractivity contribution in [3.8, 4) is 0 Å². The standard InChI is InChI=1S/C7H8O3S.C4H4BrNO2/c1-6-2-4-7(5-3-6)11(8,9)10;5-2-1-3(7)6-4(2)8/h2-5H,1H3,(H,8,9,10);2H,1H2,(H,6,7,8). The molecule has 0 saturated carbocycles. The van der Waals surface area contributed by atoms with E-state index in [0.717, 1.165) is 5.56 Å². The second-order valence-corrected chi connectivity index (χ2v) is 6.40. The minimum absolute atomic E-state index is 0.0666. The Bertz CT molecular complexity index is 582. The molecule has 8 heteroatoms. The Morgan fingerprint density at radius 1 is 1.26 bits per heavy atom. The molecule has 1 unspecified atom stereocenters. The first-order valence-electron chi connectivity index (χ1n) is 5.22. The summed E-state index contributed by atoms with van der Waals surface area (Å²) in [6.07, 6.45) is 0.277. The molecular formula is C11H12BrNO5S. The van der Waals surface area contributed by atoms with Crippen molar-refractivity contribution in [2.75, 3.05) is 0 Å². The van der Waals surface area contributed by atoms with Crippen LogP contribution in [0.5, 0.6) is 0 Å². The number of hydrogen-bond donors (Lipinski definition) is 2. The Hall–Kier alpha value is -1.25. The first kappa shape index (κ1) is 15.8. The van der Waals surface area contributed by atoms with Crippen LogP contribution >= 0.6 is 15.9 Å². The van der Waals surface area contributed by atoms with Crippen molar-refractivity contribution >= 4 is 37.9 Å². The van der Waals surface area contributed by atoms with Gasteiger partial charge < -0.3 is 0 Å². The van der Waals surface area contributed by atoms with E-state index >= 15 is 0 Å². The van der Waals surface area contributed by atoms with Crippen molar-refractivity contribution in [2.45, 2.75) is 23.1 Å². The van der Waals surface area contributed by atoms with Crippen LogP contribution in [0, 0.1) is 6.92 Å². The topological polar surface area (TPSA) is 101 Å². The molecule has 2 amide bonds. The molecule has 2 N–H and O–H groups in total. The van der Waals surface area contributed by atoms with Gasteiger partial charge in [-0.05, 0) is 19.1 Å². The average Bonchev–Trinajstić information content (AvgIpc) is 2.56. The van der Waals surface area contributed by atoms with Gasteiger partial charge in [-0.2, -0.15) is 8.42 Å². The Labute approximate surface area is 119 Å². The lowest BCUT2D eigenvalue weighted by Gasteiger charge is -1.95. The number of benzene rings is 1. The van der Waals surface area contributed by atoms with Crippen LogP contribution in [0.15, 0.2) is 29.2 Å². The predicted octanol–water partition coefficient (Wildman–Crippen LogP) is 1.04. The molecule has 104 valence electrons. The van der Waals surface area contributed by atoms with Crippen molar-refractivity contribution < 1.29 is 22.6 Å². The van der Waals surface area contributed by atoms with E-state index in [2.05, 4.69) is 21.2 Å². The highest BCUT2D eigenvalue weighted by atomic mass is 79.9. The quantitative estimate of drug-likeness (QED) is 0.448. The van der Waals surface area contributed by atoms with Gasteiger partial charge in [-0.15, -0.1) is 0 Å². The van der Waals surface area contributed by atoms with E-state index in [1.54, 1.807) is 12.1 Å². The largest absolute Gasteiger partial charge is 0.295 e. The summed E-state index contributed by atoms with van der Waals surface area (Å²) in [6.45, 7) is 1.84. The van der Waals surface area contributed by atoms with E-state index in [1.807, 2.05) is 6.92 Å². The van der Waals surface area contributed by atoms with Crippen molar-refractivity contribution in [1.82, 2.24) is 5.32 Å². The van der Waals surface area contributed by atoms with E-state index in [1.165, 1.54) is 12.1 Å². The first-order chi connectivity index (χ1) is 8.70. The number of nitrogens with one attached hydrogen (secondary N) is 1. The molecule has 19 heavy (non-hydrogen) atoms. The van der Waals surface area contributed by atoms with Crippen LogP contribution in [0.1, 0.15) is 12.0 Å². The van der Waals surface area contributed by atoms with Crippen LogP contribution in [0.2, 0.25) is 0 Å². The lowest BCUT2D eigenvalue weighted by atomic mass is 10.2. The zero-order valence-corrected chi connectivity index (χ0v) is 12.4. The molecule has 0 aliphatic carbocycles. The Kier molecular flexibility index (Phi) is 5.21. The number of amides is 2. The smallest absolute Gasteiger partial charge is 0.294 e. The third-order valence-electron chi connectivity index (χ3n) is 2.23. The summed E-state index contributed by atoms with van der Waals surface area (Å²) in [5, 5.41) is 2.14. The van der Waals surface area contributed by atoms with Gasteiger partial charge >= 0.3 is 0 Å². The summed E-state index contributed by atoms with van der Waals surface area (Å²) >= 11 is 3.01. The van der Waals surface area contributed by atoms with Gasteiger partial charge in [0.05, 0.1) is 4.90 Å². The van der Waals surface area contributed by atoms with Crippen molar-refractivity contribution in [3.05, 3.63) is 29.8 Å². The van der Waals surface area contributed by atoms with E-state index in [4.69, 9.17) is 4.55 Å². The van der Waals surface area contributed by atoms with E-state index < -0.39 is 10.1 Å².